The molecule has 3 aromatic rings. The first-order valence-electron chi connectivity index (χ1n) is 6.86. The summed E-state index contributed by atoms with van der Waals surface area (Å²) in [6.07, 6.45) is 0. The number of fused-ring (bicyclic) bond motifs is 1. The van der Waals surface area contributed by atoms with Crippen LogP contribution in [0.2, 0.25) is 5.02 Å². The molecule has 0 radical (unpaired) electrons. The highest BCUT2D eigenvalue weighted by molar-refractivity contribution is 6.31. The number of nitrogens with one attached hydrogen (secondary N) is 2. The maximum atomic E-state index is 12.3. The Morgan fingerprint density at radius 1 is 1.23 bits per heavy atom. The number of para-hydroxylation sites is 1. The Kier molecular flexibility index (Phi) is 4.02. The van der Waals surface area contributed by atoms with Crippen molar-refractivity contribution < 1.29 is 9.53 Å². The first-order chi connectivity index (χ1) is 10.7. The minimum Gasteiger partial charge on any atom is -0.496 e. The molecule has 0 atom stereocenters. The van der Waals surface area contributed by atoms with E-state index >= 15 is 0 Å². The molecule has 0 unspecified atom stereocenters. The third-order valence-corrected chi connectivity index (χ3v) is 3.69. The fourth-order valence-electron chi connectivity index (χ4n) is 2.35. The van der Waals surface area contributed by atoms with Crippen LogP contribution in [-0.2, 0) is 6.54 Å². The molecule has 1 amide bonds. The van der Waals surface area contributed by atoms with E-state index in [1.807, 2.05) is 36.4 Å². The average Bonchev–Trinajstić information content (AvgIpc) is 2.96. The van der Waals surface area contributed by atoms with Gasteiger partial charge in [-0.15, -0.1) is 0 Å². The van der Waals surface area contributed by atoms with Gasteiger partial charge in [-0.1, -0.05) is 29.8 Å². The van der Waals surface area contributed by atoms with Gasteiger partial charge in [-0.25, -0.2) is 0 Å². The summed E-state index contributed by atoms with van der Waals surface area (Å²) in [5, 5.41) is 4.44. The number of carbonyl (C=O) groups excluding carboxylic acids is 1. The molecule has 0 spiro atoms. The Hall–Kier alpha value is -2.46. The predicted molar refractivity (Wildman–Crippen MR) is 87.5 cm³/mol. The standard InChI is InChI=1S/C17H15ClN2O2/c1-22-16-5-3-2-4-11(16)10-19-17(21)15-9-12-8-13(18)6-7-14(12)20-15/h2-9,20H,10H2,1H3,(H,19,21). The highest BCUT2D eigenvalue weighted by Crippen LogP contribution is 2.20. The number of aromatic nitrogens is 1. The number of H-pyrrole nitrogens is 1. The molecule has 22 heavy (non-hydrogen) atoms. The molecule has 1 aromatic heterocycles. The quantitative estimate of drug-likeness (QED) is 0.770. The van der Waals surface area contributed by atoms with Gasteiger partial charge < -0.3 is 15.0 Å². The Labute approximate surface area is 133 Å². The van der Waals surface area contributed by atoms with E-state index in [1.54, 1.807) is 19.2 Å². The van der Waals surface area contributed by atoms with E-state index in [0.29, 0.717) is 17.3 Å². The molecule has 0 saturated heterocycles. The van der Waals surface area contributed by atoms with Crippen LogP contribution < -0.4 is 10.1 Å². The van der Waals surface area contributed by atoms with Crippen molar-refractivity contribution in [3.05, 3.63) is 64.8 Å². The van der Waals surface area contributed by atoms with E-state index < -0.39 is 0 Å². The number of rotatable bonds is 4. The number of halogens is 1. The van der Waals surface area contributed by atoms with Crippen LogP contribution >= 0.6 is 11.6 Å². The molecule has 0 aliphatic rings. The van der Waals surface area contributed by atoms with E-state index in [2.05, 4.69) is 10.3 Å². The van der Waals surface area contributed by atoms with Gasteiger partial charge in [-0.05, 0) is 30.3 Å². The fraction of sp³-hybridized carbons (Fsp3) is 0.118. The first kappa shape index (κ1) is 14.5. The molecule has 3 rings (SSSR count). The Bertz CT molecular complexity index is 826. The van der Waals surface area contributed by atoms with Gasteiger partial charge in [0.2, 0.25) is 0 Å². The maximum Gasteiger partial charge on any atom is 0.267 e. The van der Waals surface area contributed by atoms with Gasteiger partial charge in [0.25, 0.3) is 5.91 Å². The second kappa shape index (κ2) is 6.12. The molecule has 112 valence electrons. The number of methoxy groups -OCH3 is 1. The van der Waals surface area contributed by atoms with E-state index in [9.17, 15) is 4.79 Å². The summed E-state index contributed by atoms with van der Waals surface area (Å²) in [6, 6.07) is 14.9. The van der Waals surface area contributed by atoms with Gasteiger partial charge in [0.15, 0.2) is 0 Å². The van der Waals surface area contributed by atoms with Crippen molar-refractivity contribution >= 4 is 28.4 Å². The molecule has 0 bridgehead atoms. The minimum atomic E-state index is -0.168. The van der Waals surface area contributed by atoms with Crippen molar-refractivity contribution in [2.24, 2.45) is 0 Å². The van der Waals surface area contributed by atoms with Gasteiger partial charge in [-0.2, -0.15) is 0 Å². The number of carbonyl (C=O) groups is 1. The van der Waals surface area contributed by atoms with Crippen molar-refractivity contribution in [1.29, 1.82) is 0 Å². The lowest BCUT2D eigenvalue weighted by Crippen LogP contribution is -2.23. The molecule has 2 aromatic carbocycles. The Morgan fingerprint density at radius 3 is 2.86 bits per heavy atom. The molecule has 0 fully saturated rings. The van der Waals surface area contributed by atoms with E-state index in [4.69, 9.17) is 16.3 Å². The molecular weight excluding hydrogens is 300 g/mol. The van der Waals surface area contributed by atoms with Gasteiger partial charge in [-0.3, -0.25) is 4.79 Å². The highest BCUT2D eigenvalue weighted by atomic mass is 35.5. The monoisotopic (exact) mass is 314 g/mol. The zero-order valence-corrected chi connectivity index (χ0v) is 12.8. The molecule has 0 aliphatic heterocycles. The zero-order valence-electron chi connectivity index (χ0n) is 12.0. The van der Waals surface area contributed by atoms with Crippen molar-refractivity contribution in [3.63, 3.8) is 0 Å². The number of amides is 1. The SMILES string of the molecule is COc1ccccc1CNC(=O)c1cc2cc(Cl)ccc2[nH]1. The first-order valence-corrected chi connectivity index (χ1v) is 7.23. The van der Waals surface area contributed by atoms with Crippen LogP contribution in [0, 0.1) is 0 Å². The van der Waals surface area contributed by atoms with Crippen LogP contribution in [-0.4, -0.2) is 18.0 Å². The van der Waals surface area contributed by atoms with Crippen LogP contribution in [0.25, 0.3) is 10.9 Å². The largest absolute Gasteiger partial charge is 0.496 e. The lowest BCUT2D eigenvalue weighted by Gasteiger charge is -2.08. The molecule has 0 saturated carbocycles. The van der Waals surface area contributed by atoms with E-state index in [-0.39, 0.29) is 5.91 Å². The van der Waals surface area contributed by atoms with Crippen molar-refractivity contribution in [2.75, 3.05) is 7.11 Å². The lowest BCUT2D eigenvalue weighted by molar-refractivity contribution is 0.0946. The third-order valence-electron chi connectivity index (χ3n) is 3.46. The second-order valence-electron chi connectivity index (χ2n) is 4.91. The molecule has 1 heterocycles. The smallest absolute Gasteiger partial charge is 0.267 e. The average molecular weight is 315 g/mol. The molecule has 2 N–H and O–H groups in total. The molecule has 4 nitrogen and oxygen atoms in total. The summed E-state index contributed by atoms with van der Waals surface area (Å²) >= 11 is 5.95. The van der Waals surface area contributed by atoms with Gasteiger partial charge in [0.05, 0.1) is 7.11 Å². The minimum absolute atomic E-state index is 0.168. The molecule has 0 aliphatic carbocycles. The van der Waals surface area contributed by atoms with Crippen LogP contribution in [0.15, 0.2) is 48.5 Å². The number of aromatic amines is 1. The number of hydrogen-bond acceptors (Lipinski definition) is 2. The van der Waals surface area contributed by atoms with Crippen molar-refractivity contribution in [3.8, 4) is 5.75 Å². The van der Waals surface area contributed by atoms with Gasteiger partial charge in [0, 0.05) is 28.0 Å². The summed E-state index contributed by atoms with van der Waals surface area (Å²) in [4.78, 5) is 15.3. The van der Waals surface area contributed by atoms with Crippen LogP contribution in [0.4, 0.5) is 0 Å². The van der Waals surface area contributed by atoms with Gasteiger partial charge in [0.1, 0.15) is 11.4 Å². The summed E-state index contributed by atoms with van der Waals surface area (Å²) in [6.45, 7) is 0.402. The van der Waals surface area contributed by atoms with Crippen LogP contribution in [0.1, 0.15) is 16.1 Å². The zero-order chi connectivity index (χ0) is 15.5. The number of hydrogen-bond donors (Lipinski definition) is 2. The normalized spacial score (nSPS) is 10.6. The summed E-state index contributed by atoms with van der Waals surface area (Å²) < 4.78 is 5.27. The summed E-state index contributed by atoms with van der Waals surface area (Å²) in [7, 11) is 1.61. The lowest BCUT2D eigenvalue weighted by atomic mass is 10.2. The fourth-order valence-corrected chi connectivity index (χ4v) is 2.53. The molecule has 5 heteroatoms. The predicted octanol–water partition coefficient (Wildman–Crippen LogP) is 3.76. The second-order valence-corrected chi connectivity index (χ2v) is 5.35. The molecular formula is C17H15ClN2O2. The summed E-state index contributed by atoms with van der Waals surface area (Å²) in [5.74, 6) is 0.587. The van der Waals surface area contributed by atoms with Crippen LogP contribution in [0.3, 0.4) is 0 Å². The van der Waals surface area contributed by atoms with Crippen molar-refractivity contribution in [2.45, 2.75) is 6.54 Å². The van der Waals surface area contributed by atoms with E-state index in [0.717, 1.165) is 22.2 Å². The van der Waals surface area contributed by atoms with Crippen molar-refractivity contribution in [1.82, 2.24) is 10.3 Å². The Morgan fingerprint density at radius 2 is 2.05 bits per heavy atom. The van der Waals surface area contributed by atoms with Crippen LogP contribution in [0.5, 0.6) is 5.75 Å². The summed E-state index contributed by atoms with van der Waals surface area (Å²) in [5.41, 5.74) is 2.32. The topological polar surface area (TPSA) is 54.1 Å². The number of benzene rings is 2. The highest BCUT2D eigenvalue weighted by Gasteiger charge is 2.10. The third kappa shape index (κ3) is 2.92. The Balaban J connectivity index is 1.76. The maximum absolute atomic E-state index is 12.3. The van der Waals surface area contributed by atoms with E-state index in [1.165, 1.54) is 0 Å². The number of ether oxygens (including phenoxy) is 1. The van der Waals surface area contributed by atoms with Gasteiger partial charge >= 0.3 is 0 Å².